The van der Waals surface area contributed by atoms with Crippen molar-refractivity contribution in [3.63, 3.8) is 0 Å². The van der Waals surface area contributed by atoms with Crippen LogP contribution >= 0.6 is 0 Å². The van der Waals surface area contributed by atoms with E-state index >= 15 is 0 Å². The Morgan fingerprint density at radius 3 is 2.88 bits per heavy atom. The molecule has 7 nitrogen and oxygen atoms in total. The second-order valence-electron chi connectivity index (χ2n) is 3.67. The number of aromatic amines is 1. The molecule has 86 valence electrons. The van der Waals surface area contributed by atoms with Gasteiger partial charge in [-0.1, -0.05) is 5.22 Å². The fourth-order valence-corrected chi connectivity index (χ4v) is 1.62. The van der Waals surface area contributed by atoms with Crippen LogP contribution in [0.2, 0.25) is 0 Å². The van der Waals surface area contributed by atoms with Crippen LogP contribution in [-0.4, -0.2) is 34.0 Å². The summed E-state index contributed by atoms with van der Waals surface area (Å²) in [5.74, 6) is -0.330. The second kappa shape index (κ2) is 4.73. The number of imidazole rings is 1. The first-order valence-corrected chi connectivity index (χ1v) is 5.27. The molecule has 0 saturated carbocycles. The van der Waals surface area contributed by atoms with Crippen LogP contribution in [0.3, 0.4) is 0 Å². The highest BCUT2D eigenvalue weighted by Gasteiger charge is 2.11. The number of amides is 1. The molecule has 1 aromatic heterocycles. The topological polar surface area (TPSA) is 99.7 Å². The molecule has 1 aromatic rings. The van der Waals surface area contributed by atoms with Crippen molar-refractivity contribution < 1.29 is 4.79 Å². The number of piperidine rings is 1. The molecule has 0 radical (unpaired) electrons. The van der Waals surface area contributed by atoms with Crippen molar-refractivity contribution in [2.24, 2.45) is 16.1 Å². The van der Waals surface area contributed by atoms with E-state index in [0.29, 0.717) is 0 Å². The number of primary amides is 1. The molecular formula is C9H14N6O. The summed E-state index contributed by atoms with van der Waals surface area (Å²) in [6.45, 7) is 1.81. The average molecular weight is 222 g/mol. The van der Waals surface area contributed by atoms with Crippen molar-refractivity contribution in [3.8, 4) is 0 Å². The number of nitrogens with two attached hydrogens (primary N) is 1. The molecule has 3 N–H and O–H groups in total. The number of rotatable bonds is 3. The maximum absolute atomic E-state index is 11.0. The highest BCUT2D eigenvalue weighted by atomic mass is 16.1. The molecule has 2 rings (SSSR count). The van der Waals surface area contributed by atoms with Crippen LogP contribution in [0.1, 0.15) is 29.8 Å². The number of hydrogen-bond donors (Lipinski definition) is 2. The molecular weight excluding hydrogens is 208 g/mol. The molecule has 1 amide bonds. The van der Waals surface area contributed by atoms with Crippen LogP contribution in [0.4, 0.5) is 5.82 Å². The fraction of sp³-hybridized carbons (Fsp3) is 0.556. The van der Waals surface area contributed by atoms with Gasteiger partial charge in [-0.05, 0) is 19.3 Å². The Balaban J connectivity index is 2.04. The minimum atomic E-state index is -0.579. The number of carbonyl (C=O) groups excluding carboxylic acids is 1. The van der Waals surface area contributed by atoms with E-state index in [2.05, 4.69) is 20.3 Å². The van der Waals surface area contributed by atoms with Crippen molar-refractivity contribution >= 4 is 11.7 Å². The van der Waals surface area contributed by atoms with E-state index in [9.17, 15) is 4.79 Å². The molecule has 0 bridgehead atoms. The maximum atomic E-state index is 11.0. The summed E-state index contributed by atoms with van der Waals surface area (Å²) in [4.78, 5) is 17.5. The van der Waals surface area contributed by atoms with Gasteiger partial charge in [0.25, 0.3) is 5.91 Å². The number of H-pyrrole nitrogens is 1. The molecule has 1 saturated heterocycles. The zero-order chi connectivity index (χ0) is 11.4. The van der Waals surface area contributed by atoms with Gasteiger partial charge in [-0.15, -0.1) is 5.11 Å². The Kier molecular flexibility index (Phi) is 3.13. The van der Waals surface area contributed by atoms with Crippen LogP contribution in [-0.2, 0) is 0 Å². The number of hydrogen-bond acceptors (Lipinski definition) is 4. The molecule has 0 aromatic carbocycles. The van der Waals surface area contributed by atoms with E-state index in [4.69, 9.17) is 5.73 Å². The Labute approximate surface area is 92.7 Å². The van der Waals surface area contributed by atoms with Gasteiger partial charge in [-0.2, -0.15) is 0 Å². The smallest absolute Gasteiger partial charge is 0.269 e. The van der Waals surface area contributed by atoms with Crippen LogP contribution in [0.25, 0.3) is 0 Å². The summed E-state index contributed by atoms with van der Waals surface area (Å²) in [6.07, 6.45) is 4.87. The van der Waals surface area contributed by atoms with E-state index in [1.807, 2.05) is 5.01 Å². The molecule has 2 heterocycles. The van der Waals surface area contributed by atoms with Gasteiger partial charge in [-0.3, -0.25) is 9.80 Å². The van der Waals surface area contributed by atoms with Gasteiger partial charge in [0, 0.05) is 13.1 Å². The average Bonchev–Trinajstić information content (AvgIpc) is 2.76. The highest BCUT2D eigenvalue weighted by molar-refractivity contribution is 5.94. The summed E-state index contributed by atoms with van der Waals surface area (Å²) in [6, 6.07) is 0. The van der Waals surface area contributed by atoms with E-state index in [1.165, 1.54) is 12.7 Å². The molecule has 0 spiro atoms. The lowest BCUT2D eigenvalue weighted by Crippen LogP contribution is -2.23. The summed E-state index contributed by atoms with van der Waals surface area (Å²) in [5.41, 5.74) is 5.34. The summed E-state index contributed by atoms with van der Waals surface area (Å²) >= 11 is 0. The minimum Gasteiger partial charge on any atom is -0.364 e. The monoisotopic (exact) mass is 222 g/mol. The summed E-state index contributed by atoms with van der Waals surface area (Å²) < 4.78 is 0. The van der Waals surface area contributed by atoms with E-state index in [-0.39, 0.29) is 11.5 Å². The lowest BCUT2D eigenvalue weighted by Gasteiger charge is -2.21. The van der Waals surface area contributed by atoms with Gasteiger partial charge in [0.05, 0.1) is 6.33 Å². The fourth-order valence-electron chi connectivity index (χ4n) is 1.62. The molecule has 1 aliphatic heterocycles. The zero-order valence-corrected chi connectivity index (χ0v) is 8.89. The third-order valence-electron chi connectivity index (χ3n) is 2.46. The molecule has 0 unspecified atom stereocenters. The van der Waals surface area contributed by atoms with Gasteiger partial charge in [-0.25, -0.2) is 4.98 Å². The molecule has 0 atom stereocenters. The Morgan fingerprint density at radius 2 is 2.19 bits per heavy atom. The molecule has 1 fully saturated rings. The van der Waals surface area contributed by atoms with Gasteiger partial charge in [0.15, 0.2) is 5.69 Å². The van der Waals surface area contributed by atoms with Gasteiger partial charge in [0.2, 0.25) is 5.82 Å². The van der Waals surface area contributed by atoms with Crippen LogP contribution < -0.4 is 5.73 Å². The minimum absolute atomic E-state index is 0.195. The normalized spacial score (nSPS) is 16.9. The first-order chi connectivity index (χ1) is 7.77. The number of nitrogens with one attached hydrogen (secondary N) is 1. The zero-order valence-electron chi connectivity index (χ0n) is 8.89. The van der Waals surface area contributed by atoms with Crippen molar-refractivity contribution in [1.82, 2.24) is 15.0 Å². The third kappa shape index (κ3) is 2.36. The van der Waals surface area contributed by atoms with Crippen LogP contribution in [0.15, 0.2) is 16.7 Å². The first kappa shape index (κ1) is 10.6. The van der Waals surface area contributed by atoms with Crippen molar-refractivity contribution in [2.75, 3.05) is 13.1 Å². The van der Waals surface area contributed by atoms with Crippen LogP contribution in [0.5, 0.6) is 0 Å². The standard InChI is InChI=1S/C9H14N6O/c10-8(16)7-9(12-6-11-7)13-14-15-4-2-1-3-5-15/h6H,1-5H2,(H2,10,16)(H,11,12)/b14-13+. The van der Waals surface area contributed by atoms with Gasteiger partial charge >= 0.3 is 0 Å². The molecule has 7 heteroatoms. The number of nitrogens with zero attached hydrogens (tertiary/aromatic N) is 4. The van der Waals surface area contributed by atoms with Crippen molar-refractivity contribution in [3.05, 3.63) is 12.0 Å². The molecule has 0 aliphatic carbocycles. The lowest BCUT2D eigenvalue weighted by atomic mass is 10.2. The second-order valence-corrected chi connectivity index (χ2v) is 3.67. The number of aromatic nitrogens is 2. The third-order valence-corrected chi connectivity index (χ3v) is 2.46. The van der Waals surface area contributed by atoms with E-state index in [0.717, 1.165) is 25.9 Å². The summed E-state index contributed by atoms with van der Waals surface area (Å²) in [5, 5.41) is 9.83. The Hall–Kier alpha value is -1.92. The number of carbonyl (C=O) groups is 1. The quantitative estimate of drug-likeness (QED) is 0.746. The lowest BCUT2D eigenvalue weighted by molar-refractivity contribution is 0.0996. The van der Waals surface area contributed by atoms with E-state index in [1.54, 1.807) is 0 Å². The predicted molar refractivity (Wildman–Crippen MR) is 57.0 cm³/mol. The molecule has 1 aliphatic rings. The first-order valence-electron chi connectivity index (χ1n) is 5.27. The van der Waals surface area contributed by atoms with Crippen LogP contribution in [0, 0.1) is 0 Å². The van der Waals surface area contributed by atoms with Gasteiger partial charge in [0.1, 0.15) is 0 Å². The van der Waals surface area contributed by atoms with Crippen molar-refractivity contribution in [2.45, 2.75) is 19.3 Å². The largest absolute Gasteiger partial charge is 0.364 e. The SMILES string of the molecule is NC(=O)c1[nH]cnc1/N=N/N1CCCCC1. The Morgan fingerprint density at radius 1 is 1.44 bits per heavy atom. The van der Waals surface area contributed by atoms with Gasteiger partial charge < -0.3 is 10.7 Å². The predicted octanol–water partition coefficient (Wildman–Crippen LogP) is 0.993. The van der Waals surface area contributed by atoms with Crippen molar-refractivity contribution in [1.29, 1.82) is 0 Å². The highest BCUT2D eigenvalue weighted by Crippen LogP contribution is 2.15. The molecule has 16 heavy (non-hydrogen) atoms. The van der Waals surface area contributed by atoms with E-state index < -0.39 is 5.91 Å². The Bertz CT molecular complexity index is 392. The summed E-state index contributed by atoms with van der Waals surface area (Å²) in [7, 11) is 0. The maximum Gasteiger partial charge on any atom is 0.269 e.